The molecule has 3 aromatic rings. The van der Waals surface area contributed by atoms with Crippen LogP contribution in [0.3, 0.4) is 0 Å². The molecule has 0 unspecified atom stereocenters. The fourth-order valence-corrected chi connectivity index (χ4v) is 4.39. The lowest BCUT2D eigenvalue weighted by Gasteiger charge is -2.26. The highest BCUT2D eigenvalue weighted by atomic mass is 16.7. The molecular formula is C23H20O10. The van der Waals surface area contributed by atoms with Crippen molar-refractivity contribution in [3.05, 3.63) is 52.2 Å². The minimum absolute atomic E-state index is 0.0453. The topological polar surface area (TPSA) is 156 Å². The van der Waals surface area contributed by atoms with Crippen molar-refractivity contribution in [2.75, 3.05) is 6.61 Å². The van der Waals surface area contributed by atoms with E-state index in [1.54, 1.807) is 12.1 Å². The Morgan fingerprint density at radius 3 is 2.61 bits per heavy atom. The first-order chi connectivity index (χ1) is 15.7. The Morgan fingerprint density at radius 1 is 1.21 bits per heavy atom. The van der Waals surface area contributed by atoms with E-state index in [2.05, 4.69) is 0 Å². The van der Waals surface area contributed by atoms with E-state index in [1.165, 1.54) is 31.2 Å². The highest BCUT2D eigenvalue weighted by molar-refractivity contribution is 5.90. The predicted octanol–water partition coefficient (Wildman–Crippen LogP) is 1.19. The molecule has 1 aromatic heterocycles. The average molecular weight is 456 g/mol. The summed E-state index contributed by atoms with van der Waals surface area (Å²) in [5.41, 5.74) is 0.425. The molecule has 2 aliphatic rings. The maximum atomic E-state index is 12.8. The fraction of sp³-hybridized carbons (Fsp3) is 0.304. The summed E-state index contributed by atoms with van der Waals surface area (Å²) in [6.45, 7) is 0.629. The smallest absolute Gasteiger partial charge is 0.303 e. The highest BCUT2D eigenvalue weighted by Crippen LogP contribution is 2.48. The van der Waals surface area contributed by atoms with Gasteiger partial charge in [0.25, 0.3) is 0 Å². The molecule has 4 N–H and O–H groups in total. The Bertz CT molecular complexity index is 1310. The van der Waals surface area contributed by atoms with Crippen molar-refractivity contribution < 1.29 is 43.8 Å². The third-order valence-corrected chi connectivity index (χ3v) is 5.86. The van der Waals surface area contributed by atoms with Gasteiger partial charge in [-0.3, -0.25) is 9.59 Å². The first-order valence-corrected chi connectivity index (χ1v) is 10.2. The normalized spacial score (nSPS) is 25.8. The van der Waals surface area contributed by atoms with Crippen LogP contribution in [0.4, 0.5) is 0 Å². The number of fused-ring (bicyclic) bond motifs is 3. The van der Waals surface area contributed by atoms with E-state index in [-0.39, 0.29) is 40.4 Å². The molecule has 0 saturated carbocycles. The Balaban J connectivity index is 1.62. The van der Waals surface area contributed by atoms with Crippen molar-refractivity contribution in [3.8, 4) is 28.6 Å². The lowest BCUT2D eigenvalue weighted by atomic mass is 9.98. The molecule has 10 heteroatoms. The maximum absolute atomic E-state index is 12.8. The van der Waals surface area contributed by atoms with Crippen LogP contribution in [0.25, 0.3) is 22.3 Å². The maximum Gasteiger partial charge on any atom is 0.303 e. The van der Waals surface area contributed by atoms with Gasteiger partial charge in [0.1, 0.15) is 40.1 Å². The molecule has 0 aliphatic carbocycles. The second kappa shape index (κ2) is 7.48. The summed E-state index contributed by atoms with van der Waals surface area (Å²) >= 11 is 0. The molecule has 172 valence electrons. The van der Waals surface area contributed by atoms with Crippen LogP contribution in [0, 0.1) is 0 Å². The summed E-state index contributed by atoms with van der Waals surface area (Å²) < 4.78 is 22.8. The molecule has 10 nitrogen and oxygen atoms in total. The lowest BCUT2D eigenvalue weighted by Crippen LogP contribution is -2.48. The van der Waals surface area contributed by atoms with E-state index >= 15 is 0 Å². The van der Waals surface area contributed by atoms with E-state index in [0.29, 0.717) is 11.1 Å². The number of ether oxygens (including phenoxy) is 3. The fourth-order valence-electron chi connectivity index (χ4n) is 4.39. The quantitative estimate of drug-likeness (QED) is 0.422. The summed E-state index contributed by atoms with van der Waals surface area (Å²) in [5, 5.41) is 40.5. The summed E-state index contributed by atoms with van der Waals surface area (Å²) in [6.07, 6.45) is -3.79. The zero-order chi connectivity index (χ0) is 23.5. The van der Waals surface area contributed by atoms with Crippen LogP contribution in [0.15, 0.2) is 45.6 Å². The summed E-state index contributed by atoms with van der Waals surface area (Å²) in [4.78, 5) is 24.3. The predicted molar refractivity (Wildman–Crippen MR) is 112 cm³/mol. The number of phenols is 2. The second-order valence-electron chi connectivity index (χ2n) is 8.05. The van der Waals surface area contributed by atoms with Gasteiger partial charge in [0.2, 0.25) is 5.79 Å². The van der Waals surface area contributed by atoms with Gasteiger partial charge >= 0.3 is 5.97 Å². The van der Waals surface area contributed by atoms with Gasteiger partial charge in [-0.2, -0.15) is 0 Å². The molecule has 0 amide bonds. The summed E-state index contributed by atoms with van der Waals surface area (Å²) in [5.74, 6) is -2.41. The molecule has 1 fully saturated rings. The number of hydrogen-bond donors (Lipinski definition) is 4. The van der Waals surface area contributed by atoms with Crippen LogP contribution in [-0.4, -0.2) is 57.1 Å². The van der Waals surface area contributed by atoms with Gasteiger partial charge < -0.3 is 39.1 Å². The molecule has 1 spiro atoms. The van der Waals surface area contributed by atoms with Crippen molar-refractivity contribution in [1.82, 2.24) is 0 Å². The molecule has 5 rings (SSSR count). The van der Waals surface area contributed by atoms with Gasteiger partial charge in [-0.15, -0.1) is 0 Å². The number of benzene rings is 2. The third-order valence-electron chi connectivity index (χ3n) is 5.86. The number of hydrogen-bond acceptors (Lipinski definition) is 10. The molecule has 0 radical (unpaired) electrons. The van der Waals surface area contributed by atoms with Crippen LogP contribution < -0.4 is 10.2 Å². The SMILES string of the molecule is CC(=O)O[C@@H]1[C@@H](CO)O[C@@]2(Cc3c(cc(O)c4c(=O)cc(-c5ccc(O)cc5)oc34)O2)[C@H]1O. The third kappa shape index (κ3) is 3.30. The number of aromatic hydroxyl groups is 2. The van der Waals surface area contributed by atoms with Crippen LogP contribution in [0.5, 0.6) is 17.2 Å². The number of aliphatic hydroxyl groups excluding tert-OH is 2. The highest BCUT2D eigenvalue weighted by Gasteiger charge is 2.61. The molecule has 3 heterocycles. The van der Waals surface area contributed by atoms with E-state index in [0.717, 1.165) is 0 Å². The number of esters is 1. The van der Waals surface area contributed by atoms with E-state index in [4.69, 9.17) is 18.6 Å². The monoisotopic (exact) mass is 456 g/mol. The van der Waals surface area contributed by atoms with Crippen molar-refractivity contribution in [2.45, 2.75) is 37.4 Å². The van der Waals surface area contributed by atoms with Crippen molar-refractivity contribution >= 4 is 16.9 Å². The number of carbonyl (C=O) groups is 1. The van der Waals surface area contributed by atoms with Crippen LogP contribution in [0.1, 0.15) is 12.5 Å². The first-order valence-electron chi connectivity index (χ1n) is 10.2. The largest absolute Gasteiger partial charge is 0.508 e. The van der Waals surface area contributed by atoms with Crippen molar-refractivity contribution in [1.29, 1.82) is 0 Å². The van der Waals surface area contributed by atoms with Crippen LogP contribution >= 0.6 is 0 Å². The standard InChI is InChI=1S/C23H20O10/c1-10(25)30-21-18(9-24)33-23(22(21)29)8-13-17(32-23)7-15(28)19-14(27)6-16(31-20(13)19)11-2-4-12(26)5-3-11/h2-7,18,21-22,24,26,28-29H,8-9H2,1H3/t18-,21-,22+,23+/m1/s1. The Kier molecular flexibility index (Phi) is 4.82. The first kappa shape index (κ1) is 21.3. The van der Waals surface area contributed by atoms with Gasteiger partial charge in [-0.05, 0) is 24.3 Å². The number of rotatable bonds is 3. The zero-order valence-corrected chi connectivity index (χ0v) is 17.3. The Hall–Kier alpha value is -3.60. The van der Waals surface area contributed by atoms with Gasteiger partial charge in [0.05, 0.1) is 6.61 Å². The minimum atomic E-state index is -1.72. The van der Waals surface area contributed by atoms with Gasteiger partial charge in [-0.25, -0.2) is 0 Å². The molecule has 2 aromatic carbocycles. The zero-order valence-electron chi connectivity index (χ0n) is 17.3. The van der Waals surface area contributed by atoms with E-state index in [1.807, 2.05) is 0 Å². The summed E-state index contributed by atoms with van der Waals surface area (Å²) in [7, 11) is 0. The minimum Gasteiger partial charge on any atom is -0.508 e. The van der Waals surface area contributed by atoms with E-state index in [9.17, 15) is 30.0 Å². The number of carbonyl (C=O) groups excluding carboxylic acids is 1. The lowest BCUT2D eigenvalue weighted by molar-refractivity contribution is -0.200. The van der Waals surface area contributed by atoms with Crippen LogP contribution in [-0.2, 0) is 20.7 Å². The molecule has 2 aliphatic heterocycles. The molecule has 0 bridgehead atoms. The van der Waals surface area contributed by atoms with Crippen LogP contribution in [0.2, 0.25) is 0 Å². The molecular weight excluding hydrogens is 436 g/mol. The molecule has 4 atom stereocenters. The van der Waals surface area contributed by atoms with Crippen molar-refractivity contribution in [3.63, 3.8) is 0 Å². The van der Waals surface area contributed by atoms with E-state index < -0.39 is 42.1 Å². The van der Waals surface area contributed by atoms with Crippen molar-refractivity contribution in [2.24, 2.45) is 0 Å². The Labute approximate surface area is 186 Å². The summed E-state index contributed by atoms with van der Waals surface area (Å²) in [6, 6.07) is 8.48. The van der Waals surface area contributed by atoms with Gasteiger partial charge in [0.15, 0.2) is 17.6 Å². The number of aliphatic hydroxyl groups is 2. The second-order valence-corrected chi connectivity index (χ2v) is 8.05. The molecule has 33 heavy (non-hydrogen) atoms. The number of phenolic OH excluding ortho intramolecular Hbond substituents is 2. The Morgan fingerprint density at radius 2 is 1.94 bits per heavy atom. The van der Waals surface area contributed by atoms with Gasteiger partial charge in [0, 0.05) is 36.6 Å². The average Bonchev–Trinajstić information content (AvgIpc) is 3.26. The molecule has 1 saturated heterocycles. The van der Waals surface area contributed by atoms with Gasteiger partial charge in [-0.1, -0.05) is 0 Å².